The molecule has 15 heteroatoms. The molecule has 0 bridgehead atoms. The number of pyridine rings is 1. The maximum Gasteiger partial charge on any atom is 0.277 e. The summed E-state index contributed by atoms with van der Waals surface area (Å²) < 4.78 is 35.8. The lowest BCUT2D eigenvalue weighted by Gasteiger charge is -2.33. The van der Waals surface area contributed by atoms with Crippen LogP contribution in [0.3, 0.4) is 0 Å². The Morgan fingerprint density at radius 3 is 2.62 bits per heavy atom. The third-order valence-corrected chi connectivity index (χ3v) is 8.82. The van der Waals surface area contributed by atoms with Crippen molar-refractivity contribution in [3.63, 3.8) is 0 Å². The van der Waals surface area contributed by atoms with E-state index in [9.17, 15) is 23.1 Å². The van der Waals surface area contributed by atoms with Crippen molar-refractivity contribution in [1.29, 1.82) is 0 Å². The molecule has 0 spiro atoms. The van der Waals surface area contributed by atoms with Crippen LogP contribution in [0.1, 0.15) is 29.5 Å². The van der Waals surface area contributed by atoms with Crippen molar-refractivity contribution in [2.75, 3.05) is 45.9 Å². The van der Waals surface area contributed by atoms with Gasteiger partial charge >= 0.3 is 0 Å². The number of nitrogens with two attached hydrogens (primary N) is 1. The summed E-state index contributed by atoms with van der Waals surface area (Å²) in [5, 5.41) is 13.5. The molecule has 3 aromatic heterocycles. The molecule has 1 saturated heterocycles. The van der Waals surface area contributed by atoms with E-state index in [4.69, 9.17) is 10.5 Å². The number of aliphatic hydroxyl groups is 1. The smallest absolute Gasteiger partial charge is 0.277 e. The van der Waals surface area contributed by atoms with Crippen molar-refractivity contribution < 1.29 is 23.1 Å². The number of sulfonamides is 1. The Balaban J connectivity index is 1.59. The van der Waals surface area contributed by atoms with Crippen LogP contribution in [0.2, 0.25) is 0 Å². The summed E-state index contributed by atoms with van der Waals surface area (Å²) in [6, 6.07) is 9.70. The van der Waals surface area contributed by atoms with Gasteiger partial charge in [0.05, 0.1) is 35.9 Å². The van der Waals surface area contributed by atoms with Gasteiger partial charge in [-0.25, -0.2) is 13.4 Å². The standard InChI is InChI=1S/C27H32N8O6S/c1-2-15-41-21-7-6-19(42(39,40)34-11-9-33(10-12-34)13-14-36)16-20(21)26-30-22-23(25(28)37)32-35(24(22)27(38)31-26)17-18-5-3-4-8-29-18/h3-8,16,36H,2,9-15,17H2,1H3,(H2,28,37)(H,30,31,38). The van der Waals surface area contributed by atoms with Gasteiger partial charge in [-0.3, -0.25) is 24.2 Å². The second-order valence-electron chi connectivity index (χ2n) is 9.78. The first-order valence-corrected chi connectivity index (χ1v) is 15.0. The summed E-state index contributed by atoms with van der Waals surface area (Å²) in [6.07, 6.45) is 2.29. The van der Waals surface area contributed by atoms with E-state index in [2.05, 4.69) is 20.1 Å². The van der Waals surface area contributed by atoms with Gasteiger partial charge in [-0.2, -0.15) is 9.40 Å². The second-order valence-corrected chi connectivity index (χ2v) is 11.7. The fourth-order valence-electron chi connectivity index (χ4n) is 4.82. The summed E-state index contributed by atoms with van der Waals surface area (Å²) in [5.41, 5.74) is 5.65. The molecule has 4 N–H and O–H groups in total. The Labute approximate surface area is 241 Å². The number of nitrogens with one attached hydrogen (secondary N) is 1. The maximum absolute atomic E-state index is 13.6. The lowest BCUT2D eigenvalue weighted by molar-refractivity contribution is 0.0996. The van der Waals surface area contributed by atoms with Gasteiger partial charge in [0.25, 0.3) is 11.5 Å². The van der Waals surface area contributed by atoms with Crippen LogP contribution in [0.4, 0.5) is 0 Å². The van der Waals surface area contributed by atoms with Crippen LogP contribution in [0.25, 0.3) is 22.4 Å². The van der Waals surface area contributed by atoms with E-state index < -0.39 is 21.5 Å². The number of nitrogens with zero attached hydrogens (tertiary/aromatic N) is 6. The van der Waals surface area contributed by atoms with Crippen LogP contribution in [0.5, 0.6) is 5.75 Å². The molecule has 0 aliphatic carbocycles. The van der Waals surface area contributed by atoms with E-state index in [0.29, 0.717) is 44.1 Å². The Kier molecular flexibility index (Phi) is 8.63. The topological polar surface area (TPSA) is 190 Å². The number of aromatic nitrogens is 5. The number of β-amino-alcohol motifs (C(OH)–C–C–N with tert-alkyl or cyclic N) is 1. The summed E-state index contributed by atoms with van der Waals surface area (Å²) in [4.78, 5) is 39.3. The van der Waals surface area contributed by atoms with Crippen molar-refractivity contribution in [3.8, 4) is 17.1 Å². The number of piperazine rings is 1. The van der Waals surface area contributed by atoms with Crippen LogP contribution < -0.4 is 16.0 Å². The molecule has 222 valence electrons. The molecule has 1 aliphatic rings. The molecular formula is C27H32N8O6S. The Bertz CT molecular complexity index is 1750. The van der Waals surface area contributed by atoms with Gasteiger partial charge < -0.3 is 20.6 Å². The van der Waals surface area contributed by atoms with E-state index in [-0.39, 0.29) is 59.3 Å². The van der Waals surface area contributed by atoms with Gasteiger partial charge in [-0.1, -0.05) is 13.0 Å². The molecule has 0 atom stereocenters. The number of benzene rings is 1. The molecule has 14 nitrogen and oxygen atoms in total. The lowest BCUT2D eigenvalue weighted by atomic mass is 10.1. The average molecular weight is 597 g/mol. The van der Waals surface area contributed by atoms with Crippen molar-refractivity contribution >= 4 is 27.0 Å². The van der Waals surface area contributed by atoms with Gasteiger partial charge in [0.15, 0.2) is 11.2 Å². The van der Waals surface area contributed by atoms with Crippen LogP contribution in [0, 0.1) is 0 Å². The van der Waals surface area contributed by atoms with Gasteiger partial charge in [0, 0.05) is 38.9 Å². The minimum Gasteiger partial charge on any atom is -0.493 e. The summed E-state index contributed by atoms with van der Waals surface area (Å²) >= 11 is 0. The third kappa shape index (κ3) is 5.90. The highest BCUT2D eigenvalue weighted by atomic mass is 32.2. The number of amides is 1. The average Bonchev–Trinajstić information content (AvgIpc) is 3.36. The number of aromatic amines is 1. The molecule has 0 unspecified atom stereocenters. The molecule has 1 fully saturated rings. The number of H-pyrrole nitrogens is 1. The number of carbonyl (C=O) groups is 1. The van der Waals surface area contributed by atoms with Gasteiger partial charge in [0.1, 0.15) is 17.1 Å². The predicted octanol–water partition coefficient (Wildman–Crippen LogP) is 0.416. The zero-order chi connectivity index (χ0) is 29.9. The first-order valence-electron chi connectivity index (χ1n) is 13.5. The maximum atomic E-state index is 13.6. The third-order valence-electron chi connectivity index (χ3n) is 6.92. The lowest BCUT2D eigenvalue weighted by Crippen LogP contribution is -2.49. The highest BCUT2D eigenvalue weighted by Crippen LogP contribution is 2.32. The van der Waals surface area contributed by atoms with Gasteiger partial charge in [-0.15, -0.1) is 0 Å². The molecule has 42 heavy (non-hydrogen) atoms. The van der Waals surface area contributed by atoms with E-state index in [0.717, 1.165) is 0 Å². The minimum atomic E-state index is -3.90. The number of ether oxygens (including phenoxy) is 1. The van der Waals surface area contributed by atoms with Crippen molar-refractivity contribution in [2.45, 2.75) is 24.8 Å². The number of primary amides is 1. The highest BCUT2D eigenvalue weighted by molar-refractivity contribution is 7.89. The zero-order valence-corrected chi connectivity index (χ0v) is 23.9. The van der Waals surface area contributed by atoms with E-state index in [1.54, 1.807) is 24.4 Å². The van der Waals surface area contributed by atoms with E-state index in [1.807, 2.05) is 11.8 Å². The molecule has 1 amide bonds. The molecule has 1 aromatic carbocycles. The van der Waals surface area contributed by atoms with Crippen LogP contribution >= 0.6 is 0 Å². The quantitative estimate of drug-likeness (QED) is 0.219. The van der Waals surface area contributed by atoms with Crippen molar-refractivity contribution in [3.05, 3.63) is 64.3 Å². The summed E-state index contributed by atoms with van der Waals surface area (Å²) in [6.45, 7) is 4.37. The molecule has 4 heterocycles. The van der Waals surface area contributed by atoms with Crippen molar-refractivity contribution in [1.82, 2.24) is 33.9 Å². The van der Waals surface area contributed by atoms with E-state index in [1.165, 1.54) is 27.2 Å². The molecule has 5 rings (SSSR count). The first kappa shape index (κ1) is 29.3. The molecule has 0 saturated carbocycles. The molecule has 0 radical (unpaired) electrons. The fourth-order valence-corrected chi connectivity index (χ4v) is 6.27. The summed E-state index contributed by atoms with van der Waals surface area (Å²) in [7, 11) is -3.90. The molecular weight excluding hydrogens is 564 g/mol. The fraction of sp³-hybridized carbons (Fsp3) is 0.370. The van der Waals surface area contributed by atoms with Gasteiger partial charge in [-0.05, 0) is 36.8 Å². The Hall–Kier alpha value is -4.18. The van der Waals surface area contributed by atoms with Crippen LogP contribution in [-0.4, -0.2) is 99.3 Å². The van der Waals surface area contributed by atoms with E-state index >= 15 is 0 Å². The normalized spacial score (nSPS) is 14.8. The number of carbonyl (C=O) groups excluding carboxylic acids is 1. The predicted molar refractivity (Wildman–Crippen MR) is 154 cm³/mol. The minimum absolute atomic E-state index is 0.000624. The monoisotopic (exact) mass is 596 g/mol. The second kappa shape index (κ2) is 12.4. The first-order chi connectivity index (χ1) is 20.2. The number of hydrogen-bond acceptors (Lipinski definition) is 10. The molecule has 4 aromatic rings. The van der Waals surface area contributed by atoms with Crippen LogP contribution in [0.15, 0.2) is 52.3 Å². The highest BCUT2D eigenvalue weighted by Gasteiger charge is 2.30. The summed E-state index contributed by atoms with van der Waals surface area (Å²) in [5.74, 6) is -0.557. The molecule has 1 aliphatic heterocycles. The van der Waals surface area contributed by atoms with Gasteiger partial charge in [0.2, 0.25) is 10.0 Å². The largest absolute Gasteiger partial charge is 0.493 e. The van der Waals surface area contributed by atoms with Crippen molar-refractivity contribution in [2.24, 2.45) is 5.73 Å². The Morgan fingerprint density at radius 2 is 1.95 bits per heavy atom. The Morgan fingerprint density at radius 1 is 1.17 bits per heavy atom. The number of rotatable bonds is 11. The van der Waals surface area contributed by atoms with Crippen LogP contribution in [-0.2, 0) is 16.6 Å². The SMILES string of the molecule is CCCOc1ccc(S(=O)(=O)N2CCN(CCO)CC2)cc1-c1nc2c(C(N)=O)nn(Cc3ccccn3)c2c(=O)[nH]1. The zero-order valence-electron chi connectivity index (χ0n) is 23.1. The number of hydrogen-bond donors (Lipinski definition) is 3. The number of aliphatic hydroxyl groups excluding tert-OH is 1. The number of fused-ring (bicyclic) bond motifs is 1.